The molecule has 0 saturated heterocycles. The van der Waals surface area contributed by atoms with E-state index in [1.165, 1.54) is 25.1 Å². The highest BCUT2D eigenvalue weighted by atomic mass is 35.5. The molecule has 0 aliphatic rings. The number of carboxylic acids is 1. The van der Waals surface area contributed by atoms with Crippen molar-refractivity contribution in [1.29, 1.82) is 0 Å². The van der Waals surface area contributed by atoms with Crippen molar-refractivity contribution in [2.45, 2.75) is 44.4 Å². The van der Waals surface area contributed by atoms with E-state index in [1.807, 2.05) is 0 Å². The lowest BCUT2D eigenvalue weighted by molar-refractivity contribution is -0.384. The Morgan fingerprint density at radius 1 is 1.39 bits per heavy atom. The molecule has 0 radical (unpaired) electrons. The molecule has 0 aliphatic carbocycles. The first-order valence-corrected chi connectivity index (χ1v) is 8.26. The van der Waals surface area contributed by atoms with Crippen molar-refractivity contribution in [2.75, 3.05) is 0 Å². The van der Waals surface area contributed by atoms with E-state index in [9.17, 15) is 24.6 Å². The molecule has 2 unspecified atom stereocenters. The maximum Gasteiger partial charge on any atom is 0.305 e. The molecule has 1 aromatic rings. The number of carbonyl (C=O) groups is 1. The zero-order chi connectivity index (χ0) is 18.0. The van der Waals surface area contributed by atoms with Gasteiger partial charge in [0.15, 0.2) is 0 Å². The molecule has 0 fully saturated rings. The summed E-state index contributed by atoms with van der Waals surface area (Å²) in [6, 6.07) is 4.14. The van der Waals surface area contributed by atoms with Gasteiger partial charge in [0.1, 0.15) is 9.77 Å². The highest BCUT2D eigenvalue weighted by molar-refractivity contribution is 7.90. The molecule has 2 N–H and O–H groups in total. The van der Waals surface area contributed by atoms with Crippen LogP contribution in [0.4, 0.5) is 5.69 Å². The van der Waals surface area contributed by atoms with Crippen LogP contribution in [0.2, 0.25) is 5.02 Å². The molecule has 1 aromatic carbocycles. The zero-order valence-corrected chi connectivity index (χ0v) is 14.8. The van der Waals surface area contributed by atoms with E-state index in [2.05, 4.69) is 4.72 Å². The Morgan fingerprint density at radius 2 is 1.96 bits per heavy atom. The molecule has 0 saturated carbocycles. The van der Waals surface area contributed by atoms with Gasteiger partial charge < -0.3 is 9.66 Å². The van der Waals surface area contributed by atoms with Crippen LogP contribution in [0, 0.1) is 10.1 Å². The fourth-order valence-electron chi connectivity index (χ4n) is 1.93. The minimum absolute atomic E-state index is 0.167. The Morgan fingerprint density at radius 3 is 2.39 bits per heavy atom. The number of carboxylic acid groups (broad SMARTS) is 1. The first-order valence-electron chi connectivity index (χ1n) is 6.73. The van der Waals surface area contributed by atoms with Gasteiger partial charge in [-0.25, -0.2) is 0 Å². The Kier molecular flexibility index (Phi) is 6.03. The lowest BCUT2D eigenvalue weighted by Crippen LogP contribution is -2.51. The Balaban J connectivity index is 3.39. The highest BCUT2D eigenvalue weighted by Gasteiger charge is 2.41. The van der Waals surface area contributed by atoms with Crippen molar-refractivity contribution in [1.82, 2.24) is 4.72 Å². The van der Waals surface area contributed by atoms with Crippen LogP contribution in [-0.2, 0) is 21.7 Å². The molecule has 9 heteroatoms. The topological polar surface area (TPSA) is 116 Å². The maximum atomic E-state index is 12.4. The van der Waals surface area contributed by atoms with Crippen LogP contribution in [-0.4, -0.2) is 25.3 Å². The van der Waals surface area contributed by atoms with E-state index in [1.54, 1.807) is 20.8 Å². The summed E-state index contributed by atoms with van der Waals surface area (Å²) in [5.74, 6) is -1.14. The van der Waals surface area contributed by atoms with E-state index in [4.69, 9.17) is 11.6 Å². The molecule has 0 aromatic heterocycles. The number of benzene rings is 1. The van der Waals surface area contributed by atoms with Crippen molar-refractivity contribution < 1.29 is 19.4 Å². The molecule has 0 heterocycles. The molecule has 128 valence electrons. The zero-order valence-electron chi connectivity index (χ0n) is 13.3. The highest BCUT2D eigenvalue weighted by Crippen LogP contribution is 2.37. The number of nitro groups is 1. The fraction of sp³-hybridized carbons (Fsp3) is 0.500. The Labute approximate surface area is 142 Å². The number of nitrogens with one attached hydrogen (secondary N) is 1. The standard InChI is InChI=1S/C14H19ClN2O5S/c1-13(2,3)23(22)16-14(4,8-11(18)19)9-6-5-7-10(12(9)15)17(20)21/h5-7,16H,8H2,1-4H3,(H,18,19). The summed E-state index contributed by atoms with van der Waals surface area (Å²) in [4.78, 5) is 21.6. The first kappa shape index (κ1) is 19.7. The molecular formula is C14H19ClN2O5S. The average molecular weight is 363 g/mol. The summed E-state index contributed by atoms with van der Waals surface area (Å²) in [6.45, 7) is 6.70. The predicted octanol–water partition coefficient (Wildman–Crippen LogP) is 2.99. The summed E-state index contributed by atoms with van der Waals surface area (Å²) >= 11 is 4.50. The van der Waals surface area contributed by atoms with Gasteiger partial charge in [-0.3, -0.25) is 14.9 Å². The third-order valence-corrected chi connectivity index (χ3v) is 5.29. The van der Waals surface area contributed by atoms with E-state index in [-0.39, 0.29) is 16.3 Å². The van der Waals surface area contributed by atoms with Crippen molar-refractivity contribution in [3.05, 3.63) is 38.9 Å². The minimum atomic E-state index is -1.59. The number of nitro benzene ring substituents is 1. The summed E-state index contributed by atoms with van der Waals surface area (Å²) in [6.07, 6.45) is -0.435. The third kappa shape index (κ3) is 4.81. The smallest absolute Gasteiger partial charge is 0.305 e. The Hall–Kier alpha value is -1.35. The van der Waals surface area contributed by atoms with Crippen LogP contribution in [0.5, 0.6) is 0 Å². The van der Waals surface area contributed by atoms with Gasteiger partial charge in [-0.2, -0.15) is 0 Å². The number of aliphatic carboxylic acids is 1. The molecule has 7 nitrogen and oxygen atoms in total. The summed E-state index contributed by atoms with van der Waals surface area (Å²) in [7, 11) is 0. The van der Waals surface area contributed by atoms with E-state index < -0.39 is 39.0 Å². The lowest BCUT2D eigenvalue weighted by atomic mass is 9.89. The number of rotatable bonds is 6. The number of hydrogen-bond donors (Lipinski definition) is 2. The molecule has 1 rings (SSSR count). The van der Waals surface area contributed by atoms with Crippen molar-refractivity contribution >= 4 is 34.6 Å². The fourth-order valence-corrected chi connectivity index (χ4v) is 3.23. The molecule has 0 amide bonds. The maximum absolute atomic E-state index is 12.4. The molecular weight excluding hydrogens is 344 g/mol. The second-order valence-corrected chi connectivity index (χ2v) is 8.63. The predicted molar refractivity (Wildman–Crippen MR) is 88.7 cm³/mol. The number of hydrogen-bond acceptors (Lipinski definition) is 5. The Bertz CT molecular complexity index is 620. The summed E-state index contributed by atoms with van der Waals surface area (Å²) in [5.41, 5.74) is -1.44. The van der Waals surface area contributed by atoms with Gasteiger partial charge in [-0.1, -0.05) is 23.7 Å². The van der Waals surface area contributed by atoms with Gasteiger partial charge in [0, 0.05) is 23.0 Å². The van der Waals surface area contributed by atoms with Gasteiger partial charge in [-0.05, 0) is 27.7 Å². The molecule has 0 aliphatic heterocycles. The SMILES string of the molecule is CC(CC(=O)O)(N[S+]([O-])C(C)(C)C)c1cccc([N+](=O)[O-])c1Cl. The van der Waals surface area contributed by atoms with Crippen LogP contribution >= 0.6 is 11.6 Å². The van der Waals surface area contributed by atoms with Crippen LogP contribution in [0.3, 0.4) is 0 Å². The van der Waals surface area contributed by atoms with Gasteiger partial charge in [0.25, 0.3) is 5.69 Å². The molecule has 0 spiro atoms. The van der Waals surface area contributed by atoms with E-state index in [0.717, 1.165) is 0 Å². The monoisotopic (exact) mass is 362 g/mol. The van der Waals surface area contributed by atoms with E-state index in [0.29, 0.717) is 0 Å². The van der Waals surface area contributed by atoms with E-state index >= 15 is 0 Å². The lowest BCUT2D eigenvalue weighted by Gasteiger charge is -2.34. The third-order valence-electron chi connectivity index (χ3n) is 3.15. The van der Waals surface area contributed by atoms with Crippen LogP contribution < -0.4 is 4.72 Å². The van der Waals surface area contributed by atoms with Crippen LogP contribution in [0.25, 0.3) is 0 Å². The average Bonchev–Trinajstić information content (AvgIpc) is 2.35. The van der Waals surface area contributed by atoms with Crippen molar-refractivity contribution in [2.24, 2.45) is 0 Å². The number of halogens is 1. The van der Waals surface area contributed by atoms with Gasteiger partial charge in [0.05, 0.1) is 16.9 Å². The largest absolute Gasteiger partial charge is 0.598 e. The minimum Gasteiger partial charge on any atom is -0.598 e. The van der Waals surface area contributed by atoms with Gasteiger partial charge >= 0.3 is 5.97 Å². The van der Waals surface area contributed by atoms with Crippen molar-refractivity contribution in [3.63, 3.8) is 0 Å². The normalized spacial score (nSPS) is 15.7. The number of nitrogens with zero attached hydrogens (tertiary/aromatic N) is 1. The van der Waals surface area contributed by atoms with Crippen molar-refractivity contribution in [3.8, 4) is 0 Å². The molecule has 23 heavy (non-hydrogen) atoms. The van der Waals surface area contributed by atoms with Crippen LogP contribution in [0.1, 0.15) is 39.7 Å². The second-order valence-electron chi connectivity index (χ2n) is 6.28. The second kappa shape index (κ2) is 7.04. The van der Waals surface area contributed by atoms with Gasteiger partial charge in [0.2, 0.25) is 0 Å². The summed E-state index contributed by atoms with van der Waals surface area (Å²) in [5, 5.41) is 20.0. The van der Waals surface area contributed by atoms with Crippen LogP contribution in [0.15, 0.2) is 18.2 Å². The molecule has 0 bridgehead atoms. The first-order chi connectivity index (χ1) is 10.4. The summed E-state index contributed by atoms with van der Waals surface area (Å²) < 4.78 is 14.5. The van der Waals surface area contributed by atoms with Gasteiger partial charge in [-0.15, -0.1) is 4.72 Å². The quantitative estimate of drug-likeness (QED) is 0.456. The molecule has 2 atom stereocenters.